The molecule has 0 aliphatic carbocycles. The van der Waals surface area contributed by atoms with Gasteiger partial charge < -0.3 is 10.2 Å². The van der Waals surface area contributed by atoms with Crippen LogP contribution in [0, 0.1) is 6.07 Å². The monoisotopic (exact) mass is 245 g/mol. The van der Waals surface area contributed by atoms with E-state index in [9.17, 15) is 0 Å². The van der Waals surface area contributed by atoms with Crippen molar-refractivity contribution in [2.45, 2.75) is 45.1 Å². The van der Waals surface area contributed by atoms with E-state index in [0.29, 0.717) is 0 Å². The molecule has 1 aliphatic heterocycles. The molecule has 0 amide bonds. The van der Waals surface area contributed by atoms with Crippen LogP contribution in [0.1, 0.15) is 39.0 Å². The molecule has 1 N–H and O–H groups in total. The number of hydrogen-bond donors (Lipinski definition) is 1. The maximum atomic E-state index is 3.70. The lowest BCUT2D eigenvalue weighted by atomic mass is 10.0. The summed E-state index contributed by atoms with van der Waals surface area (Å²) in [7, 11) is 0. The lowest BCUT2D eigenvalue weighted by molar-refractivity contribution is 0.410. The van der Waals surface area contributed by atoms with Gasteiger partial charge in [-0.15, -0.1) is 0 Å². The van der Waals surface area contributed by atoms with Crippen molar-refractivity contribution in [2.75, 3.05) is 24.5 Å². The summed E-state index contributed by atoms with van der Waals surface area (Å²) in [6.07, 6.45) is 6.53. The number of nitrogens with one attached hydrogen (secondary N) is 1. The van der Waals surface area contributed by atoms with Crippen molar-refractivity contribution in [3.63, 3.8) is 0 Å². The molecule has 1 aromatic rings. The van der Waals surface area contributed by atoms with E-state index in [1.165, 1.54) is 57.4 Å². The van der Waals surface area contributed by atoms with Gasteiger partial charge in [-0.2, -0.15) is 0 Å². The molecule has 0 bridgehead atoms. The Hall–Kier alpha value is -1.02. The number of hydrogen-bond acceptors (Lipinski definition) is 2. The average Bonchev–Trinajstić information content (AvgIpc) is 2.45. The Bertz CT molecular complexity index is 315. The van der Waals surface area contributed by atoms with E-state index in [-0.39, 0.29) is 0 Å². The Morgan fingerprint density at radius 3 is 2.61 bits per heavy atom. The van der Waals surface area contributed by atoms with Gasteiger partial charge in [0.25, 0.3) is 0 Å². The second kappa shape index (κ2) is 7.42. The third-order valence-corrected chi connectivity index (χ3v) is 3.77. The van der Waals surface area contributed by atoms with E-state index in [0.717, 1.165) is 6.04 Å². The molecule has 1 saturated heterocycles. The third-order valence-electron chi connectivity index (χ3n) is 3.77. The summed E-state index contributed by atoms with van der Waals surface area (Å²) in [4.78, 5) is 2.48. The summed E-state index contributed by atoms with van der Waals surface area (Å²) in [5.41, 5.74) is 1.35. The van der Waals surface area contributed by atoms with E-state index < -0.39 is 0 Å². The van der Waals surface area contributed by atoms with Gasteiger partial charge in [0.2, 0.25) is 0 Å². The normalized spacial score (nSPS) is 17.1. The van der Waals surface area contributed by atoms with Crippen LogP contribution in [-0.2, 0) is 0 Å². The van der Waals surface area contributed by atoms with Gasteiger partial charge in [0.15, 0.2) is 0 Å². The fourth-order valence-corrected chi connectivity index (χ4v) is 2.61. The zero-order chi connectivity index (χ0) is 12.6. The predicted octanol–water partition coefficient (Wildman–Crippen LogP) is 3.24. The number of nitrogens with zero attached hydrogens (tertiary/aromatic N) is 1. The molecule has 0 saturated carbocycles. The number of piperidine rings is 1. The maximum Gasteiger partial charge on any atom is 0.0366 e. The number of benzene rings is 1. The minimum absolute atomic E-state index is 0.730. The minimum atomic E-state index is 0.730. The molecule has 0 atom stereocenters. The Kier molecular flexibility index (Phi) is 5.53. The van der Waals surface area contributed by atoms with Gasteiger partial charge in [0, 0.05) is 24.8 Å². The highest BCUT2D eigenvalue weighted by molar-refractivity contribution is 5.46. The molecule has 2 heteroatoms. The van der Waals surface area contributed by atoms with Crippen molar-refractivity contribution in [3.05, 3.63) is 30.3 Å². The first-order valence-electron chi connectivity index (χ1n) is 7.34. The van der Waals surface area contributed by atoms with Crippen LogP contribution in [0.4, 0.5) is 5.69 Å². The summed E-state index contributed by atoms with van der Waals surface area (Å²) < 4.78 is 0. The smallest absolute Gasteiger partial charge is 0.0366 e. The van der Waals surface area contributed by atoms with Gasteiger partial charge in [-0.25, -0.2) is 0 Å². The lowest BCUT2D eigenvalue weighted by Crippen LogP contribution is -2.42. The molecule has 0 unspecified atom stereocenters. The number of unbranched alkanes of at least 4 members (excludes halogenated alkanes) is 2. The van der Waals surface area contributed by atoms with Crippen LogP contribution in [0.5, 0.6) is 0 Å². The molecule has 1 radical (unpaired) electrons. The van der Waals surface area contributed by atoms with Gasteiger partial charge in [-0.05, 0) is 44.0 Å². The highest BCUT2D eigenvalue weighted by Crippen LogP contribution is 2.19. The van der Waals surface area contributed by atoms with Crippen LogP contribution in [0.15, 0.2) is 24.3 Å². The average molecular weight is 245 g/mol. The molecule has 99 valence electrons. The fourth-order valence-electron chi connectivity index (χ4n) is 2.61. The van der Waals surface area contributed by atoms with Gasteiger partial charge >= 0.3 is 0 Å². The van der Waals surface area contributed by atoms with Crippen molar-refractivity contribution >= 4 is 5.69 Å². The largest absolute Gasteiger partial charge is 0.371 e. The number of rotatable bonds is 6. The SMILES string of the molecule is CCCCCNC1CCN(c2cc[c]cc2)CC1. The molecule has 1 aliphatic rings. The van der Waals surface area contributed by atoms with Gasteiger partial charge in [0.05, 0.1) is 0 Å². The Morgan fingerprint density at radius 1 is 1.22 bits per heavy atom. The van der Waals surface area contributed by atoms with Gasteiger partial charge in [0.1, 0.15) is 0 Å². The first-order chi connectivity index (χ1) is 8.90. The first kappa shape index (κ1) is 13.4. The van der Waals surface area contributed by atoms with Gasteiger partial charge in [-0.1, -0.05) is 31.9 Å². The molecule has 0 aromatic heterocycles. The Morgan fingerprint density at radius 2 is 1.94 bits per heavy atom. The van der Waals surface area contributed by atoms with E-state index in [2.05, 4.69) is 35.3 Å². The van der Waals surface area contributed by atoms with Crippen LogP contribution in [0.25, 0.3) is 0 Å². The van der Waals surface area contributed by atoms with Crippen LogP contribution in [-0.4, -0.2) is 25.7 Å². The topological polar surface area (TPSA) is 15.3 Å². The zero-order valence-corrected chi connectivity index (χ0v) is 11.5. The highest BCUT2D eigenvalue weighted by Gasteiger charge is 2.18. The first-order valence-corrected chi connectivity index (χ1v) is 7.34. The van der Waals surface area contributed by atoms with Crippen molar-refractivity contribution in [1.29, 1.82) is 0 Å². The van der Waals surface area contributed by atoms with Crippen molar-refractivity contribution in [3.8, 4) is 0 Å². The molecule has 2 rings (SSSR count). The minimum Gasteiger partial charge on any atom is -0.371 e. The van der Waals surface area contributed by atoms with Gasteiger partial charge in [-0.3, -0.25) is 0 Å². The van der Waals surface area contributed by atoms with E-state index in [1.807, 2.05) is 12.1 Å². The second-order valence-corrected chi connectivity index (χ2v) is 5.18. The summed E-state index contributed by atoms with van der Waals surface area (Å²) in [5.74, 6) is 0. The summed E-state index contributed by atoms with van der Waals surface area (Å²) in [6, 6.07) is 12.1. The Balaban J connectivity index is 1.68. The maximum absolute atomic E-state index is 3.70. The lowest BCUT2D eigenvalue weighted by Gasteiger charge is -2.34. The molecule has 0 spiro atoms. The molecule has 1 fully saturated rings. The molecular formula is C16H25N2. The summed E-state index contributed by atoms with van der Waals surface area (Å²) in [5, 5.41) is 3.70. The fraction of sp³-hybridized carbons (Fsp3) is 0.625. The zero-order valence-electron chi connectivity index (χ0n) is 11.5. The summed E-state index contributed by atoms with van der Waals surface area (Å²) >= 11 is 0. The quantitative estimate of drug-likeness (QED) is 0.774. The van der Waals surface area contributed by atoms with E-state index >= 15 is 0 Å². The predicted molar refractivity (Wildman–Crippen MR) is 78.0 cm³/mol. The Labute approximate surface area is 111 Å². The second-order valence-electron chi connectivity index (χ2n) is 5.18. The molecular weight excluding hydrogens is 220 g/mol. The highest BCUT2D eigenvalue weighted by atomic mass is 15.1. The molecule has 2 nitrogen and oxygen atoms in total. The third kappa shape index (κ3) is 4.02. The van der Waals surface area contributed by atoms with Crippen LogP contribution >= 0.6 is 0 Å². The molecule has 1 aromatic carbocycles. The van der Waals surface area contributed by atoms with Crippen LogP contribution < -0.4 is 10.2 Å². The van der Waals surface area contributed by atoms with Crippen molar-refractivity contribution in [1.82, 2.24) is 5.32 Å². The van der Waals surface area contributed by atoms with Crippen LogP contribution in [0.3, 0.4) is 0 Å². The number of anilines is 1. The van der Waals surface area contributed by atoms with Crippen molar-refractivity contribution < 1.29 is 0 Å². The van der Waals surface area contributed by atoms with Crippen LogP contribution in [0.2, 0.25) is 0 Å². The van der Waals surface area contributed by atoms with E-state index in [4.69, 9.17) is 0 Å². The summed E-state index contributed by atoms with van der Waals surface area (Å²) in [6.45, 7) is 5.81. The standard InChI is InChI=1S/C16H25N2/c1-2-3-7-12-17-15-10-13-18(14-11-15)16-8-5-4-6-9-16/h5-6,8-9,15,17H,2-3,7,10-14H2,1H3. The molecule has 18 heavy (non-hydrogen) atoms. The molecule has 1 heterocycles. The van der Waals surface area contributed by atoms with Crippen molar-refractivity contribution in [2.24, 2.45) is 0 Å². The van der Waals surface area contributed by atoms with E-state index in [1.54, 1.807) is 0 Å².